The van der Waals surface area contributed by atoms with E-state index < -0.39 is 11.9 Å². The Labute approximate surface area is 291 Å². The first-order valence-electron chi connectivity index (χ1n) is 17.2. The lowest BCUT2D eigenvalue weighted by molar-refractivity contribution is -0.134. The third kappa shape index (κ3) is 8.33. The van der Waals surface area contributed by atoms with Gasteiger partial charge in [0, 0.05) is 50.1 Å². The summed E-state index contributed by atoms with van der Waals surface area (Å²) in [5.41, 5.74) is 3.11. The molecule has 3 aromatic carbocycles. The minimum Gasteiger partial charge on any atom is -0.494 e. The number of nitrogens with zero attached hydrogens (tertiary/aromatic N) is 2. The van der Waals surface area contributed by atoms with E-state index in [1.807, 2.05) is 29.2 Å². The largest absolute Gasteiger partial charge is 0.494 e. The highest BCUT2D eigenvalue weighted by atomic mass is 35.5. The Morgan fingerprint density at radius 2 is 1.78 bits per heavy atom. The number of ether oxygens (including phenoxy) is 1. The lowest BCUT2D eigenvalue weighted by Gasteiger charge is -2.35. The summed E-state index contributed by atoms with van der Waals surface area (Å²) in [6.45, 7) is 5.08. The van der Waals surface area contributed by atoms with E-state index >= 15 is 0 Å². The molecule has 3 amide bonds. The molecule has 2 aliphatic heterocycles. The molecule has 9 nitrogen and oxygen atoms in total. The van der Waals surface area contributed by atoms with Gasteiger partial charge in [-0.15, -0.1) is 0 Å². The predicted molar refractivity (Wildman–Crippen MR) is 189 cm³/mol. The number of fused-ring (bicyclic) bond motifs is 1. The van der Waals surface area contributed by atoms with Crippen LogP contribution in [0.5, 0.6) is 5.75 Å². The zero-order valence-electron chi connectivity index (χ0n) is 27.8. The van der Waals surface area contributed by atoms with E-state index in [1.54, 1.807) is 35.2 Å². The molecule has 0 spiro atoms. The Hall–Kier alpha value is -4.63. The maximum atomic E-state index is 14.1. The molecule has 256 valence electrons. The third-order valence-electron chi connectivity index (χ3n) is 9.48. The number of nitrogens with one attached hydrogen (secondary N) is 1. The lowest BCUT2D eigenvalue weighted by atomic mass is 9.86. The normalized spacial score (nSPS) is 15.8. The van der Waals surface area contributed by atoms with Gasteiger partial charge < -0.3 is 24.3 Å². The van der Waals surface area contributed by atoms with Gasteiger partial charge in [-0.2, -0.15) is 0 Å². The molecule has 6 rings (SSSR count). The van der Waals surface area contributed by atoms with Gasteiger partial charge in [0.15, 0.2) is 11.2 Å². The fourth-order valence-corrected chi connectivity index (χ4v) is 6.87. The SMILES string of the molecule is CCCCOc1ccc2oc(C(=O)N[C@H](Cc3ccc(Cl)cc3)C(=O)N3CCC(c4ccccc4CN4CCCC4=O)CC3)cc(=O)c2c1. The Kier molecular flexibility index (Phi) is 11.0. The highest BCUT2D eigenvalue weighted by Crippen LogP contribution is 2.32. The summed E-state index contributed by atoms with van der Waals surface area (Å²) in [6, 6.07) is 20.7. The summed E-state index contributed by atoms with van der Waals surface area (Å²) in [4.78, 5) is 56.8. The first-order valence-corrected chi connectivity index (χ1v) is 17.6. The summed E-state index contributed by atoms with van der Waals surface area (Å²) in [5, 5.41) is 3.76. The number of benzene rings is 3. The third-order valence-corrected chi connectivity index (χ3v) is 9.73. The molecule has 3 heterocycles. The van der Waals surface area contributed by atoms with Crippen LogP contribution >= 0.6 is 11.6 Å². The van der Waals surface area contributed by atoms with Crippen LogP contribution in [0, 0.1) is 0 Å². The zero-order valence-corrected chi connectivity index (χ0v) is 28.5. The monoisotopic (exact) mass is 683 g/mol. The fraction of sp³-hybridized carbons (Fsp3) is 0.385. The minimum atomic E-state index is -0.894. The Bertz CT molecular complexity index is 1870. The van der Waals surface area contributed by atoms with Crippen LogP contribution in [0.4, 0.5) is 0 Å². The van der Waals surface area contributed by atoms with Crippen LogP contribution in [-0.4, -0.2) is 59.8 Å². The second-order valence-electron chi connectivity index (χ2n) is 12.9. The van der Waals surface area contributed by atoms with Gasteiger partial charge >= 0.3 is 0 Å². The van der Waals surface area contributed by atoms with Gasteiger partial charge in [-0.25, -0.2) is 0 Å². The topological polar surface area (TPSA) is 109 Å². The van der Waals surface area contributed by atoms with E-state index in [1.165, 1.54) is 5.56 Å². The van der Waals surface area contributed by atoms with Gasteiger partial charge in [-0.3, -0.25) is 19.2 Å². The molecular formula is C39H42ClN3O6. The van der Waals surface area contributed by atoms with Gasteiger partial charge in [0.25, 0.3) is 5.91 Å². The van der Waals surface area contributed by atoms with Crippen LogP contribution in [0.2, 0.25) is 5.02 Å². The summed E-state index contributed by atoms with van der Waals surface area (Å²) >= 11 is 6.12. The maximum Gasteiger partial charge on any atom is 0.287 e. The standard InChI is InChI=1S/C39H42ClN3O6/c1-2-3-21-48-30-14-15-35-32(23-30)34(44)24-36(49-35)38(46)41-33(22-26-10-12-29(40)13-11-26)39(47)42-19-16-27(17-20-42)31-8-5-4-7-28(31)25-43-18-6-9-37(43)45/h4-5,7-8,10-15,23-24,27,33H,2-3,6,9,16-22,25H2,1H3,(H,41,46)/t33-/m1/s1. The quantitative estimate of drug-likeness (QED) is 0.171. The summed E-state index contributed by atoms with van der Waals surface area (Å²) < 4.78 is 11.6. The first-order chi connectivity index (χ1) is 23.8. The molecule has 1 N–H and O–H groups in total. The summed E-state index contributed by atoms with van der Waals surface area (Å²) in [5.74, 6) is 0.00986. The van der Waals surface area contributed by atoms with Crippen LogP contribution in [0.3, 0.4) is 0 Å². The molecule has 4 aromatic rings. The number of likely N-dealkylation sites (tertiary alicyclic amines) is 2. The van der Waals surface area contributed by atoms with Crippen molar-refractivity contribution in [2.75, 3.05) is 26.2 Å². The smallest absolute Gasteiger partial charge is 0.287 e. The molecule has 49 heavy (non-hydrogen) atoms. The average molecular weight is 684 g/mol. The molecule has 0 unspecified atom stereocenters. The first kappa shape index (κ1) is 34.2. The number of carbonyl (C=O) groups excluding carboxylic acids is 3. The van der Waals surface area contributed by atoms with E-state index in [0.717, 1.165) is 55.8 Å². The summed E-state index contributed by atoms with van der Waals surface area (Å²) in [6.07, 6.45) is 5.17. The van der Waals surface area contributed by atoms with Crippen molar-refractivity contribution in [2.24, 2.45) is 0 Å². The molecular weight excluding hydrogens is 642 g/mol. The Balaban J connectivity index is 1.16. The summed E-state index contributed by atoms with van der Waals surface area (Å²) in [7, 11) is 0. The number of hydrogen-bond donors (Lipinski definition) is 1. The molecule has 0 aliphatic carbocycles. The number of amides is 3. The van der Waals surface area contributed by atoms with Crippen LogP contribution in [-0.2, 0) is 22.6 Å². The number of hydrogen-bond acceptors (Lipinski definition) is 6. The van der Waals surface area contributed by atoms with Crippen molar-refractivity contribution in [3.63, 3.8) is 0 Å². The molecule has 2 fully saturated rings. The van der Waals surface area contributed by atoms with Crippen molar-refractivity contribution in [3.8, 4) is 5.75 Å². The van der Waals surface area contributed by atoms with Gasteiger partial charge in [-0.05, 0) is 78.6 Å². The molecule has 0 radical (unpaired) electrons. The van der Waals surface area contributed by atoms with Crippen LogP contribution in [0.1, 0.15) is 78.6 Å². The highest BCUT2D eigenvalue weighted by molar-refractivity contribution is 6.30. The van der Waals surface area contributed by atoms with Crippen molar-refractivity contribution >= 4 is 40.3 Å². The van der Waals surface area contributed by atoms with E-state index in [2.05, 4.69) is 24.4 Å². The van der Waals surface area contributed by atoms with Gasteiger partial charge in [-0.1, -0.05) is 61.3 Å². The van der Waals surface area contributed by atoms with E-state index in [0.29, 0.717) is 48.8 Å². The van der Waals surface area contributed by atoms with Crippen molar-refractivity contribution in [1.82, 2.24) is 15.1 Å². The van der Waals surface area contributed by atoms with Gasteiger partial charge in [0.2, 0.25) is 11.8 Å². The highest BCUT2D eigenvalue weighted by Gasteiger charge is 2.32. The second kappa shape index (κ2) is 15.7. The van der Waals surface area contributed by atoms with Crippen molar-refractivity contribution in [3.05, 3.63) is 110 Å². The van der Waals surface area contributed by atoms with Crippen LogP contribution in [0.25, 0.3) is 11.0 Å². The Morgan fingerprint density at radius 3 is 2.51 bits per heavy atom. The molecule has 0 saturated carbocycles. The lowest BCUT2D eigenvalue weighted by Crippen LogP contribution is -2.51. The predicted octanol–water partition coefficient (Wildman–Crippen LogP) is 6.50. The average Bonchev–Trinajstić information content (AvgIpc) is 3.52. The van der Waals surface area contributed by atoms with Crippen LogP contribution < -0.4 is 15.5 Å². The second-order valence-corrected chi connectivity index (χ2v) is 13.3. The molecule has 0 bridgehead atoms. The number of piperidine rings is 1. The molecule has 2 aliphatic rings. The number of unbranched alkanes of at least 4 members (excludes halogenated alkanes) is 1. The number of halogens is 1. The van der Waals surface area contributed by atoms with Gasteiger partial charge in [0.05, 0.1) is 12.0 Å². The molecule has 10 heteroatoms. The van der Waals surface area contributed by atoms with E-state index in [-0.39, 0.29) is 40.9 Å². The van der Waals surface area contributed by atoms with Crippen molar-refractivity contribution in [2.45, 2.75) is 70.4 Å². The number of carbonyl (C=O) groups is 3. The molecule has 2 saturated heterocycles. The van der Waals surface area contributed by atoms with Crippen molar-refractivity contribution in [1.29, 1.82) is 0 Å². The molecule has 1 aromatic heterocycles. The molecule has 1 atom stereocenters. The number of rotatable bonds is 12. The zero-order chi connectivity index (χ0) is 34.3. The van der Waals surface area contributed by atoms with E-state index in [4.69, 9.17) is 20.8 Å². The fourth-order valence-electron chi connectivity index (χ4n) is 6.74. The van der Waals surface area contributed by atoms with E-state index in [9.17, 15) is 19.2 Å². The van der Waals surface area contributed by atoms with Gasteiger partial charge in [0.1, 0.15) is 17.4 Å². The Morgan fingerprint density at radius 1 is 1.00 bits per heavy atom. The minimum absolute atomic E-state index is 0.169. The maximum absolute atomic E-state index is 14.1. The van der Waals surface area contributed by atoms with Crippen LogP contribution in [0.15, 0.2) is 82.0 Å². The van der Waals surface area contributed by atoms with Crippen molar-refractivity contribution < 1.29 is 23.5 Å².